The van der Waals surface area contributed by atoms with Crippen molar-refractivity contribution in [2.24, 2.45) is 0 Å². The molecule has 0 heterocycles. The normalized spacial score (nSPS) is 12.2. The molecule has 2 aromatic rings. The van der Waals surface area contributed by atoms with E-state index in [2.05, 4.69) is 5.32 Å². The first kappa shape index (κ1) is 12.5. The monoisotopic (exact) mass is 251 g/mol. The molecule has 0 radical (unpaired) electrons. The highest BCUT2D eigenvalue weighted by Gasteiger charge is 2.14. The van der Waals surface area contributed by atoms with Crippen LogP contribution in [0.3, 0.4) is 0 Å². The van der Waals surface area contributed by atoms with Crippen LogP contribution in [0.25, 0.3) is 0 Å². The number of hydrogen-bond acceptors (Lipinski definition) is 1. The third kappa shape index (κ3) is 2.47. The second-order valence-electron chi connectivity index (χ2n) is 3.98. The molecule has 0 spiro atoms. The van der Waals surface area contributed by atoms with Gasteiger partial charge in [-0.2, -0.15) is 0 Å². The minimum atomic E-state index is -0.696. The van der Waals surface area contributed by atoms with E-state index < -0.39 is 23.5 Å². The summed E-state index contributed by atoms with van der Waals surface area (Å²) in [5, 5.41) is 2.65. The molecule has 1 unspecified atom stereocenters. The number of nitrogens with one attached hydrogen (secondary N) is 1. The fourth-order valence-electron chi connectivity index (χ4n) is 1.76. The average Bonchev–Trinajstić information content (AvgIpc) is 2.34. The van der Waals surface area contributed by atoms with E-state index in [0.29, 0.717) is 5.56 Å². The highest BCUT2D eigenvalue weighted by atomic mass is 19.1. The molecule has 18 heavy (non-hydrogen) atoms. The molecule has 0 aliphatic carbocycles. The van der Waals surface area contributed by atoms with Crippen molar-refractivity contribution in [2.75, 3.05) is 5.32 Å². The van der Waals surface area contributed by atoms with Crippen LogP contribution >= 0.6 is 0 Å². The van der Waals surface area contributed by atoms with Crippen molar-refractivity contribution >= 4 is 5.69 Å². The van der Waals surface area contributed by atoms with Gasteiger partial charge in [-0.05, 0) is 25.1 Å². The van der Waals surface area contributed by atoms with Crippen LogP contribution in [0.2, 0.25) is 0 Å². The van der Waals surface area contributed by atoms with Crippen molar-refractivity contribution in [3.63, 3.8) is 0 Å². The quantitative estimate of drug-likeness (QED) is 0.858. The van der Waals surface area contributed by atoms with E-state index in [1.165, 1.54) is 12.1 Å². The van der Waals surface area contributed by atoms with Gasteiger partial charge >= 0.3 is 0 Å². The summed E-state index contributed by atoms with van der Waals surface area (Å²) in [7, 11) is 0. The molecule has 0 saturated carbocycles. The Morgan fingerprint density at radius 3 is 2.00 bits per heavy atom. The Bertz CT molecular complexity index is 534. The summed E-state index contributed by atoms with van der Waals surface area (Å²) in [5.74, 6) is -1.80. The van der Waals surface area contributed by atoms with Gasteiger partial charge in [0.25, 0.3) is 0 Å². The van der Waals surface area contributed by atoms with E-state index in [4.69, 9.17) is 0 Å². The van der Waals surface area contributed by atoms with E-state index >= 15 is 0 Å². The highest BCUT2D eigenvalue weighted by Crippen LogP contribution is 2.25. The van der Waals surface area contributed by atoms with Gasteiger partial charge in [0.15, 0.2) is 0 Å². The molecule has 2 aromatic carbocycles. The predicted molar refractivity (Wildman–Crippen MR) is 64.8 cm³/mol. The first-order chi connectivity index (χ1) is 8.59. The summed E-state index contributed by atoms with van der Waals surface area (Å²) < 4.78 is 40.4. The minimum Gasteiger partial charge on any atom is -0.374 e. The molecule has 1 atom stereocenters. The van der Waals surface area contributed by atoms with E-state index in [1.54, 1.807) is 25.1 Å². The van der Waals surface area contributed by atoms with Crippen LogP contribution in [-0.4, -0.2) is 0 Å². The predicted octanol–water partition coefficient (Wildman–Crippen LogP) is 4.28. The van der Waals surface area contributed by atoms with Crippen LogP contribution in [0.15, 0.2) is 42.5 Å². The molecule has 0 bridgehead atoms. The Kier molecular flexibility index (Phi) is 3.55. The molecule has 1 nitrogen and oxygen atoms in total. The van der Waals surface area contributed by atoms with E-state index in [-0.39, 0.29) is 5.69 Å². The van der Waals surface area contributed by atoms with Gasteiger partial charge < -0.3 is 5.32 Å². The molecule has 0 saturated heterocycles. The SMILES string of the molecule is CC(Nc1c(F)cccc1F)c1ccccc1F. The Labute approximate surface area is 103 Å². The molecule has 0 aromatic heterocycles. The number of benzene rings is 2. The smallest absolute Gasteiger partial charge is 0.149 e. The molecule has 0 fully saturated rings. The summed E-state index contributed by atoms with van der Waals surface area (Å²) in [6, 6.07) is 9.18. The van der Waals surface area contributed by atoms with Crippen LogP contribution in [0.1, 0.15) is 18.5 Å². The second kappa shape index (κ2) is 5.12. The maximum absolute atomic E-state index is 13.5. The fourth-order valence-corrected chi connectivity index (χ4v) is 1.76. The summed E-state index contributed by atoms with van der Waals surface area (Å²) in [6.45, 7) is 1.64. The Balaban J connectivity index is 2.27. The van der Waals surface area contributed by atoms with Crippen molar-refractivity contribution in [3.05, 3.63) is 65.5 Å². The maximum atomic E-state index is 13.5. The number of anilines is 1. The van der Waals surface area contributed by atoms with Crippen molar-refractivity contribution in [3.8, 4) is 0 Å². The minimum absolute atomic E-state index is 0.242. The maximum Gasteiger partial charge on any atom is 0.149 e. The van der Waals surface area contributed by atoms with Crippen LogP contribution in [0, 0.1) is 17.5 Å². The zero-order valence-electron chi connectivity index (χ0n) is 9.75. The van der Waals surface area contributed by atoms with E-state index in [0.717, 1.165) is 12.1 Å². The van der Waals surface area contributed by atoms with Crippen LogP contribution in [-0.2, 0) is 0 Å². The Morgan fingerprint density at radius 2 is 1.39 bits per heavy atom. The summed E-state index contributed by atoms with van der Waals surface area (Å²) in [4.78, 5) is 0. The molecule has 0 amide bonds. The van der Waals surface area contributed by atoms with Crippen molar-refractivity contribution in [1.29, 1.82) is 0 Å². The van der Waals surface area contributed by atoms with Crippen molar-refractivity contribution in [1.82, 2.24) is 0 Å². The summed E-state index contributed by atoms with van der Waals surface area (Å²) in [6.07, 6.45) is 0. The van der Waals surface area contributed by atoms with Crippen molar-refractivity contribution in [2.45, 2.75) is 13.0 Å². The third-order valence-electron chi connectivity index (χ3n) is 2.70. The van der Waals surface area contributed by atoms with Crippen LogP contribution < -0.4 is 5.32 Å². The molecule has 4 heteroatoms. The fraction of sp³-hybridized carbons (Fsp3) is 0.143. The highest BCUT2D eigenvalue weighted by molar-refractivity contribution is 5.48. The second-order valence-corrected chi connectivity index (χ2v) is 3.98. The van der Waals surface area contributed by atoms with Gasteiger partial charge in [-0.3, -0.25) is 0 Å². The summed E-state index contributed by atoms with van der Waals surface area (Å²) in [5.41, 5.74) is 0.119. The number of para-hydroxylation sites is 1. The molecular formula is C14H12F3N. The zero-order chi connectivity index (χ0) is 13.1. The lowest BCUT2D eigenvalue weighted by Crippen LogP contribution is -2.11. The van der Waals surface area contributed by atoms with Crippen LogP contribution in [0.5, 0.6) is 0 Å². The van der Waals surface area contributed by atoms with Gasteiger partial charge in [0.1, 0.15) is 23.1 Å². The number of halogens is 3. The van der Waals surface area contributed by atoms with Gasteiger partial charge in [0.05, 0.1) is 6.04 Å². The standard InChI is InChI=1S/C14H12F3N/c1-9(10-5-2-3-6-11(10)15)18-14-12(16)7-4-8-13(14)17/h2-9,18H,1H3. The molecule has 94 valence electrons. The largest absolute Gasteiger partial charge is 0.374 e. The first-order valence-electron chi connectivity index (χ1n) is 5.54. The van der Waals surface area contributed by atoms with Gasteiger partial charge in [0, 0.05) is 5.56 Å². The lowest BCUT2D eigenvalue weighted by atomic mass is 10.1. The van der Waals surface area contributed by atoms with Crippen LogP contribution in [0.4, 0.5) is 18.9 Å². The first-order valence-corrected chi connectivity index (χ1v) is 5.54. The van der Waals surface area contributed by atoms with Gasteiger partial charge in [0.2, 0.25) is 0 Å². The zero-order valence-corrected chi connectivity index (χ0v) is 9.75. The Morgan fingerprint density at radius 1 is 0.833 bits per heavy atom. The van der Waals surface area contributed by atoms with E-state index in [9.17, 15) is 13.2 Å². The molecular weight excluding hydrogens is 239 g/mol. The third-order valence-corrected chi connectivity index (χ3v) is 2.70. The number of hydrogen-bond donors (Lipinski definition) is 1. The van der Waals surface area contributed by atoms with Crippen molar-refractivity contribution < 1.29 is 13.2 Å². The lowest BCUT2D eigenvalue weighted by molar-refractivity contribution is 0.576. The number of rotatable bonds is 3. The van der Waals surface area contributed by atoms with E-state index in [1.807, 2.05) is 0 Å². The Hall–Kier alpha value is -1.97. The average molecular weight is 251 g/mol. The summed E-state index contributed by atoms with van der Waals surface area (Å²) >= 11 is 0. The molecule has 0 aliphatic rings. The molecule has 2 rings (SSSR count). The molecule has 1 N–H and O–H groups in total. The lowest BCUT2D eigenvalue weighted by Gasteiger charge is -2.17. The van der Waals surface area contributed by atoms with Gasteiger partial charge in [-0.1, -0.05) is 24.3 Å². The van der Waals surface area contributed by atoms with Gasteiger partial charge in [-0.15, -0.1) is 0 Å². The molecule has 0 aliphatic heterocycles. The van der Waals surface area contributed by atoms with Gasteiger partial charge in [-0.25, -0.2) is 13.2 Å². The topological polar surface area (TPSA) is 12.0 Å².